The Balaban J connectivity index is 1.51. The van der Waals surface area contributed by atoms with Crippen molar-refractivity contribution in [1.29, 1.82) is 0 Å². The quantitative estimate of drug-likeness (QED) is 0.486. The van der Waals surface area contributed by atoms with Crippen molar-refractivity contribution in [2.24, 2.45) is 0 Å². The van der Waals surface area contributed by atoms with Gasteiger partial charge in [-0.15, -0.1) is 0 Å². The highest BCUT2D eigenvalue weighted by Crippen LogP contribution is 2.30. The minimum absolute atomic E-state index is 0.136. The molecule has 1 saturated heterocycles. The summed E-state index contributed by atoms with van der Waals surface area (Å²) in [6.07, 6.45) is 1.37. The van der Waals surface area contributed by atoms with Crippen molar-refractivity contribution in [1.82, 2.24) is 9.62 Å². The molecule has 35 heavy (non-hydrogen) atoms. The second-order valence-corrected chi connectivity index (χ2v) is 10.2. The molecule has 0 aliphatic carbocycles. The number of ether oxygens (including phenoxy) is 1. The number of rotatable bonds is 8. The maximum absolute atomic E-state index is 13.2. The summed E-state index contributed by atoms with van der Waals surface area (Å²) < 4.78 is 33.6. The van der Waals surface area contributed by atoms with Crippen LogP contribution in [0.15, 0.2) is 71.6 Å². The SMILES string of the molecule is CCCNS(=O)(=O)c1cccc2c(NC(=O)C3CCCN3C(=O)OCc3ccccc3)cccc12. The van der Waals surface area contributed by atoms with E-state index >= 15 is 0 Å². The van der Waals surface area contributed by atoms with E-state index in [4.69, 9.17) is 4.74 Å². The number of likely N-dealkylation sites (tertiary alicyclic amines) is 1. The molecule has 2 amide bonds. The van der Waals surface area contributed by atoms with Crippen LogP contribution in [-0.2, 0) is 26.2 Å². The van der Waals surface area contributed by atoms with Gasteiger partial charge in [0.15, 0.2) is 0 Å². The highest BCUT2D eigenvalue weighted by molar-refractivity contribution is 7.89. The molecule has 3 aromatic carbocycles. The monoisotopic (exact) mass is 495 g/mol. The zero-order valence-corrected chi connectivity index (χ0v) is 20.4. The number of carbonyl (C=O) groups is 2. The number of fused-ring (bicyclic) bond motifs is 1. The Hall–Kier alpha value is -3.43. The Bertz CT molecular complexity index is 1310. The molecule has 3 aromatic rings. The molecule has 1 aliphatic rings. The summed E-state index contributed by atoms with van der Waals surface area (Å²) in [6, 6.07) is 18.8. The second kappa shape index (κ2) is 10.9. The van der Waals surface area contributed by atoms with Crippen molar-refractivity contribution in [2.75, 3.05) is 18.4 Å². The molecule has 0 radical (unpaired) electrons. The van der Waals surface area contributed by atoms with Crippen LogP contribution in [0.4, 0.5) is 10.5 Å². The molecule has 1 aliphatic heterocycles. The van der Waals surface area contributed by atoms with E-state index in [2.05, 4.69) is 10.0 Å². The lowest BCUT2D eigenvalue weighted by atomic mass is 10.1. The van der Waals surface area contributed by atoms with Gasteiger partial charge in [0.1, 0.15) is 12.6 Å². The molecule has 2 N–H and O–H groups in total. The summed E-state index contributed by atoms with van der Waals surface area (Å²) >= 11 is 0. The molecule has 1 atom stereocenters. The van der Waals surface area contributed by atoms with Gasteiger partial charge in [-0.05, 0) is 37.0 Å². The minimum Gasteiger partial charge on any atom is -0.445 e. The van der Waals surface area contributed by atoms with Crippen molar-refractivity contribution in [3.63, 3.8) is 0 Å². The van der Waals surface area contributed by atoms with E-state index in [0.717, 1.165) is 5.56 Å². The Morgan fingerprint density at radius 2 is 1.74 bits per heavy atom. The molecule has 0 saturated carbocycles. The summed E-state index contributed by atoms with van der Waals surface area (Å²) in [6.45, 7) is 2.81. The van der Waals surface area contributed by atoms with Crippen molar-refractivity contribution < 1.29 is 22.7 Å². The molecular formula is C26H29N3O5S. The molecule has 184 valence electrons. The van der Waals surface area contributed by atoms with Gasteiger partial charge in [-0.3, -0.25) is 9.69 Å². The first-order chi connectivity index (χ1) is 16.9. The molecule has 0 aromatic heterocycles. The average molecular weight is 496 g/mol. The van der Waals surface area contributed by atoms with Gasteiger partial charge in [0.05, 0.1) is 4.90 Å². The molecule has 0 bridgehead atoms. The minimum atomic E-state index is -3.69. The van der Waals surface area contributed by atoms with E-state index in [1.165, 1.54) is 4.90 Å². The standard InChI is InChI=1S/C26H29N3O5S/c1-2-16-27-35(32,33)24-15-7-11-20-21(24)12-6-13-22(20)28-25(30)23-14-8-17-29(23)26(31)34-18-19-9-4-3-5-10-19/h3-7,9-13,15,23,27H,2,8,14,16-18H2,1H3,(H,28,30). The van der Waals surface area contributed by atoms with Crippen LogP contribution in [-0.4, -0.2) is 44.4 Å². The average Bonchev–Trinajstić information content (AvgIpc) is 3.37. The fraction of sp³-hybridized carbons (Fsp3) is 0.308. The molecule has 8 nitrogen and oxygen atoms in total. The van der Waals surface area contributed by atoms with Crippen LogP contribution in [0, 0.1) is 0 Å². The Labute approximate surface area is 205 Å². The lowest BCUT2D eigenvalue weighted by molar-refractivity contribution is -0.120. The number of sulfonamides is 1. The van der Waals surface area contributed by atoms with Gasteiger partial charge in [-0.25, -0.2) is 17.9 Å². The van der Waals surface area contributed by atoms with E-state index < -0.39 is 22.2 Å². The van der Waals surface area contributed by atoms with Crippen LogP contribution in [0.2, 0.25) is 0 Å². The Morgan fingerprint density at radius 1 is 1.00 bits per heavy atom. The maximum atomic E-state index is 13.2. The zero-order valence-electron chi connectivity index (χ0n) is 19.6. The lowest BCUT2D eigenvalue weighted by Gasteiger charge is -2.23. The first-order valence-corrected chi connectivity index (χ1v) is 13.2. The first kappa shape index (κ1) is 24.7. The third kappa shape index (κ3) is 5.63. The summed E-state index contributed by atoms with van der Waals surface area (Å²) in [7, 11) is -3.69. The molecule has 9 heteroatoms. The van der Waals surface area contributed by atoms with Crippen LogP contribution >= 0.6 is 0 Å². The topological polar surface area (TPSA) is 105 Å². The van der Waals surface area contributed by atoms with Crippen molar-refractivity contribution >= 4 is 38.5 Å². The van der Waals surface area contributed by atoms with Crippen molar-refractivity contribution in [2.45, 2.75) is 43.7 Å². The summed E-state index contributed by atoms with van der Waals surface area (Å²) in [5.74, 6) is -0.330. The first-order valence-electron chi connectivity index (χ1n) is 11.7. The predicted molar refractivity (Wildman–Crippen MR) is 134 cm³/mol. The van der Waals surface area contributed by atoms with Gasteiger partial charge in [0.2, 0.25) is 15.9 Å². The highest BCUT2D eigenvalue weighted by atomic mass is 32.2. The van der Waals surface area contributed by atoms with E-state index in [-0.39, 0.29) is 17.4 Å². The van der Waals surface area contributed by atoms with Crippen LogP contribution in [0.1, 0.15) is 31.7 Å². The fourth-order valence-corrected chi connectivity index (χ4v) is 5.57. The molecule has 1 heterocycles. The number of anilines is 1. The fourth-order valence-electron chi connectivity index (χ4n) is 4.21. The largest absolute Gasteiger partial charge is 0.445 e. The smallest absolute Gasteiger partial charge is 0.410 e. The zero-order chi connectivity index (χ0) is 24.8. The molecular weight excluding hydrogens is 466 g/mol. The number of benzene rings is 3. The molecule has 0 spiro atoms. The van der Waals surface area contributed by atoms with Crippen molar-refractivity contribution in [3.05, 3.63) is 72.3 Å². The summed E-state index contributed by atoms with van der Waals surface area (Å²) in [5, 5.41) is 4.02. The number of amides is 2. The molecule has 4 rings (SSSR count). The number of carbonyl (C=O) groups excluding carboxylic acids is 2. The maximum Gasteiger partial charge on any atom is 0.410 e. The number of nitrogens with one attached hydrogen (secondary N) is 2. The number of hydrogen-bond acceptors (Lipinski definition) is 5. The lowest BCUT2D eigenvalue weighted by Crippen LogP contribution is -2.43. The molecule has 1 fully saturated rings. The van der Waals surface area contributed by atoms with E-state index in [0.29, 0.717) is 48.8 Å². The highest BCUT2D eigenvalue weighted by Gasteiger charge is 2.35. The van der Waals surface area contributed by atoms with Crippen LogP contribution in [0.5, 0.6) is 0 Å². The van der Waals surface area contributed by atoms with Gasteiger partial charge < -0.3 is 10.1 Å². The van der Waals surface area contributed by atoms with Crippen LogP contribution in [0.3, 0.4) is 0 Å². The van der Waals surface area contributed by atoms with Crippen LogP contribution in [0.25, 0.3) is 10.8 Å². The summed E-state index contributed by atoms with van der Waals surface area (Å²) in [4.78, 5) is 27.5. The Kier molecular flexibility index (Phi) is 7.67. The van der Waals surface area contributed by atoms with Gasteiger partial charge in [0, 0.05) is 29.5 Å². The van der Waals surface area contributed by atoms with E-state index in [9.17, 15) is 18.0 Å². The molecule has 1 unspecified atom stereocenters. The summed E-state index contributed by atoms with van der Waals surface area (Å²) in [5.41, 5.74) is 1.36. The van der Waals surface area contributed by atoms with Gasteiger partial charge in [0.25, 0.3) is 0 Å². The van der Waals surface area contributed by atoms with Gasteiger partial charge in [-0.1, -0.05) is 61.5 Å². The number of hydrogen-bond donors (Lipinski definition) is 2. The van der Waals surface area contributed by atoms with Gasteiger partial charge >= 0.3 is 6.09 Å². The van der Waals surface area contributed by atoms with Gasteiger partial charge in [-0.2, -0.15) is 0 Å². The predicted octanol–water partition coefficient (Wildman–Crippen LogP) is 4.27. The van der Waals surface area contributed by atoms with E-state index in [1.54, 1.807) is 36.4 Å². The third-order valence-electron chi connectivity index (χ3n) is 5.97. The third-order valence-corrected chi connectivity index (χ3v) is 7.49. The number of nitrogens with zero attached hydrogens (tertiary/aromatic N) is 1. The normalized spacial score (nSPS) is 15.8. The van der Waals surface area contributed by atoms with E-state index in [1.807, 2.05) is 37.3 Å². The van der Waals surface area contributed by atoms with Crippen molar-refractivity contribution in [3.8, 4) is 0 Å². The van der Waals surface area contributed by atoms with Crippen LogP contribution < -0.4 is 10.0 Å². The Morgan fingerprint density at radius 3 is 2.51 bits per heavy atom. The second-order valence-electron chi connectivity index (χ2n) is 8.44.